The van der Waals surface area contributed by atoms with Crippen LogP contribution in [0.2, 0.25) is 0 Å². The van der Waals surface area contributed by atoms with E-state index < -0.39 is 0 Å². The predicted molar refractivity (Wildman–Crippen MR) is 89.2 cm³/mol. The van der Waals surface area contributed by atoms with Crippen molar-refractivity contribution >= 4 is 29.3 Å². The van der Waals surface area contributed by atoms with E-state index in [0.29, 0.717) is 5.75 Å². The number of rotatable bonds is 6. The summed E-state index contributed by atoms with van der Waals surface area (Å²) in [5.74, 6) is 0.355. The van der Waals surface area contributed by atoms with Gasteiger partial charge in [0.05, 0.1) is 11.5 Å². The number of amides is 1. The fourth-order valence-electron chi connectivity index (χ4n) is 1.80. The molecule has 114 valence electrons. The quantitative estimate of drug-likeness (QED) is 0.656. The number of esters is 1. The normalized spacial score (nSPS) is 10.0. The van der Waals surface area contributed by atoms with Crippen LogP contribution in [0.15, 0.2) is 54.6 Å². The zero-order valence-electron chi connectivity index (χ0n) is 12.2. The molecule has 5 heteroatoms. The van der Waals surface area contributed by atoms with E-state index in [1.54, 1.807) is 24.3 Å². The molecular formula is C17H17NO3S. The maximum absolute atomic E-state index is 11.8. The molecule has 0 aliphatic heterocycles. The number of carbonyl (C=O) groups is 2. The van der Waals surface area contributed by atoms with Gasteiger partial charge in [-0.05, 0) is 36.8 Å². The summed E-state index contributed by atoms with van der Waals surface area (Å²) in [5.41, 5.74) is 1.84. The van der Waals surface area contributed by atoms with Crippen molar-refractivity contribution < 1.29 is 14.3 Å². The number of aryl methyl sites for hydroxylation is 1. The number of ether oxygens (including phenoxy) is 1. The molecule has 0 aliphatic carbocycles. The van der Waals surface area contributed by atoms with Crippen LogP contribution in [0.5, 0.6) is 5.75 Å². The van der Waals surface area contributed by atoms with Crippen LogP contribution in [-0.2, 0) is 9.59 Å². The van der Waals surface area contributed by atoms with E-state index in [0.717, 1.165) is 11.3 Å². The van der Waals surface area contributed by atoms with Crippen molar-refractivity contribution in [3.05, 3.63) is 60.2 Å². The van der Waals surface area contributed by atoms with Crippen LogP contribution in [0.3, 0.4) is 0 Å². The minimum Gasteiger partial charge on any atom is -0.426 e. The fourth-order valence-corrected chi connectivity index (χ4v) is 2.38. The summed E-state index contributed by atoms with van der Waals surface area (Å²) in [5, 5.41) is 2.79. The topological polar surface area (TPSA) is 55.4 Å². The Bertz CT molecular complexity index is 643. The summed E-state index contributed by atoms with van der Waals surface area (Å²) in [4.78, 5) is 23.4. The number of nitrogens with one attached hydrogen (secondary N) is 1. The van der Waals surface area contributed by atoms with E-state index in [-0.39, 0.29) is 23.4 Å². The smallest absolute Gasteiger partial charge is 0.321 e. The van der Waals surface area contributed by atoms with Gasteiger partial charge in [-0.1, -0.05) is 30.3 Å². The SMILES string of the molecule is Cc1cccc(NC(=O)CSCC(=O)Oc2ccccc2)c1. The second-order valence-electron chi connectivity index (χ2n) is 4.70. The molecule has 0 bridgehead atoms. The van der Waals surface area contributed by atoms with Gasteiger partial charge in [-0.15, -0.1) is 11.8 Å². The zero-order valence-corrected chi connectivity index (χ0v) is 13.1. The van der Waals surface area contributed by atoms with Crippen LogP contribution in [0.4, 0.5) is 5.69 Å². The summed E-state index contributed by atoms with van der Waals surface area (Å²) in [6.45, 7) is 1.96. The molecule has 0 spiro atoms. The first-order valence-corrected chi connectivity index (χ1v) is 7.99. The highest BCUT2D eigenvalue weighted by molar-refractivity contribution is 8.00. The van der Waals surface area contributed by atoms with Crippen molar-refractivity contribution in [1.82, 2.24) is 0 Å². The van der Waals surface area contributed by atoms with Crippen molar-refractivity contribution in [3.63, 3.8) is 0 Å². The molecule has 0 radical (unpaired) electrons. The second kappa shape index (κ2) is 8.24. The molecule has 22 heavy (non-hydrogen) atoms. The molecule has 4 nitrogen and oxygen atoms in total. The van der Waals surface area contributed by atoms with Crippen LogP contribution >= 0.6 is 11.8 Å². The Kier molecular flexibility index (Phi) is 6.03. The van der Waals surface area contributed by atoms with Crippen molar-refractivity contribution in [3.8, 4) is 5.75 Å². The maximum Gasteiger partial charge on any atom is 0.321 e. The summed E-state index contributed by atoms with van der Waals surface area (Å²) in [6.07, 6.45) is 0. The lowest BCUT2D eigenvalue weighted by atomic mass is 10.2. The van der Waals surface area contributed by atoms with Gasteiger partial charge >= 0.3 is 5.97 Å². The van der Waals surface area contributed by atoms with Crippen LogP contribution in [0.1, 0.15) is 5.56 Å². The number of benzene rings is 2. The van der Waals surface area contributed by atoms with Gasteiger partial charge in [-0.2, -0.15) is 0 Å². The standard InChI is InChI=1S/C17H17NO3S/c1-13-6-5-7-14(10-13)18-16(19)11-22-12-17(20)21-15-8-3-2-4-9-15/h2-10H,11-12H2,1H3,(H,18,19). The molecule has 2 aromatic carbocycles. The first kappa shape index (κ1) is 16.1. The lowest BCUT2D eigenvalue weighted by Gasteiger charge is -2.06. The van der Waals surface area contributed by atoms with Gasteiger partial charge in [-0.3, -0.25) is 9.59 Å². The van der Waals surface area contributed by atoms with Crippen molar-refractivity contribution in [2.24, 2.45) is 0 Å². The highest BCUT2D eigenvalue weighted by atomic mass is 32.2. The Labute approximate surface area is 133 Å². The highest BCUT2D eigenvalue weighted by Crippen LogP contribution is 2.12. The Morgan fingerprint density at radius 2 is 1.82 bits per heavy atom. The maximum atomic E-state index is 11.8. The molecule has 1 amide bonds. The van der Waals surface area contributed by atoms with E-state index >= 15 is 0 Å². The molecule has 0 saturated heterocycles. The zero-order chi connectivity index (χ0) is 15.8. The van der Waals surface area contributed by atoms with Gasteiger partial charge < -0.3 is 10.1 Å². The minimum atomic E-state index is -0.362. The van der Waals surface area contributed by atoms with Crippen LogP contribution < -0.4 is 10.1 Å². The van der Waals surface area contributed by atoms with Gasteiger partial charge in [-0.25, -0.2) is 0 Å². The second-order valence-corrected chi connectivity index (χ2v) is 5.68. The number of hydrogen-bond donors (Lipinski definition) is 1. The number of hydrogen-bond acceptors (Lipinski definition) is 4. The molecule has 0 unspecified atom stereocenters. The number of carbonyl (C=O) groups excluding carboxylic acids is 2. The average molecular weight is 315 g/mol. The third kappa shape index (κ3) is 5.61. The molecule has 2 aromatic rings. The summed E-state index contributed by atoms with van der Waals surface area (Å²) in [6, 6.07) is 16.4. The lowest BCUT2D eigenvalue weighted by molar-refractivity contribution is -0.131. The van der Waals surface area contributed by atoms with Gasteiger partial charge in [0.2, 0.25) is 5.91 Å². The van der Waals surface area contributed by atoms with Gasteiger partial charge in [0.25, 0.3) is 0 Å². The van der Waals surface area contributed by atoms with Gasteiger partial charge in [0, 0.05) is 5.69 Å². The lowest BCUT2D eigenvalue weighted by Crippen LogP contribution is -2.17. The summed E-state index contributed by atoms with van der Waals surface area (Å²) >= 11 is 1.23. The third-order valence-electron chi connectivity index (χ3n) is 2.73. The molecule has 0 heterocycles. The first-order valence-electron chi connectivity index (χ1n) is 6.83. The Hall–Kier alpha value is -2.27. The minimum absolute atomic E-state index is 0.135. The number of para-hydroxylation sites is 1. The van der Waals surface area contributed by atoms with Crippen molar-refractivity contribution in [2.45, 2.75) is 6.92 Å². The first-order chi connectivity index (χ1) is 10.6. The Balaban J connectivity index is 1.69. The molecule has 0 aliphatic rings. The van der Waals surface area contributed by atoms with E-state index in [1.165, 1.54) is 11.8 Å². The third-order valence-corrected chi connectivity index (χ3v) is 3.64. The van der Waals surface area contributed by atoms with E-state index in [1.807, 2.05) is 37.3 Å². The van der Waals surface area contributed by atoms with Gasteiger partial charge in [0.1, 0.15) is 5.75 Å². The molecular weight excluding hydrogens is 298 g/mol. The predicted octanol–water partition coefficient (Wildman–Crippen LogP) is 3.27. The summed E-state index contributed by atoms with van der Waals surface area (Å²) < 4.78 is 5.14. The van der Waals surface area contributed by atoms with E-state index in [4.69, 9.17) is 4.74 Å². The number of anilines is 1. The molecule has 0 aromatic heterocycles. The van der Waals surface area contributed by atoms with Gasteiger partial charge in [0.15, 0.2) is 0 Å². The Morgan fingerprint density at radius 1 is 1.05 bits per heavy atom. The van der Waals surface area contributed by atoms with E-state index in [9.17, 15) is 9.59 Å². The highest BCUT2D eigenvalue weighted by Gasteiger charge is 2.08. The van der Waals surface area contributed by atoms with Crippen LogP contribution in [0, 0.1) is 6.92 Å². The molecule has 0 saturated carbocycles. The van der Waals surface area contributed by atoms with Crippen LogP contribution in [-0.4, -0.2) is 23.4 Å². The molecule has 0 fully saturated rings. The largest absolute Gasteiger partial charge is 0.426 e. The molecule has 1 N–H and O–H groups in total. The average Bonchev–Trinajstić information content (AvgIpc) is 2.48. The van der Waals surface area contributed by atoms with Crippen molar-refractivity contribution in [2.75, 3.05) is 16.8 Å². The van der Waals surface area contributed by atoms with Crippen LogP contribution in [0.25, 0.3) is 0 Å². The van der Waals surface area contributed by atoms with E-state index in [2.05, 4.69) is 5.32 Å². The monoisotopic (exact) mass is 315 g/mol. The summed E-state index contributed by atoms with van der Waals surface area (Å²) in [7, 11) is 0. The molecule has 2 rings (SSSR count). The fraction of sp³-hybridized carbons (Fsp3) is 0.176. The Morgan fingerprint density at radius 3 is 2.55 bits per heavy atom. The van der Waals surface area contributed by atoms with Crippen molar-refractivity contribution in [1.29, 1.82) is 0 Å². The molecule has 0 atom stereocenters. The number of thioether (sulfide) groups is 1.